The summed E-state index contributed by atoms with van der Waals surface area (Å²) in [6, 6.07) is 9.76. The second-order valence-electron chi connectivity index (χ2n) is 6.62. The standard InChI is InChI=1S/C19H24N2O4/c1-2-9-21-15-6-4-3-5-14(15)12-16(21)17(22)20-13-19(18(23)24)7-10-25-11-8-19/h3-6,12H,2,7-11,13H2,1H3,(H,20,22)(H,23,24). The molecule has 0 radical (unpaired) electrons. The Hall–Kier alpha value is -2.34. The largest absolute Gasteiger partial charge is 0.481 e. The van der Waals surface area contributed by atoms with Crippen molar-refractivity contribution in [3.05, 3.63) is 36.0 Å². The van der Waals surface area contributed by atoms with E-state index in [4.69, 9.17) is 4.74 Å². The topological polar surface area (TPSA) is 80.6 Å². The Morgan fingerprint density at radius 1 is 1.28 bits per heavy atom. The lowest BCUT2D eigenvalue weighted by molar-refractivity contribution is -0.154. The summed E-state index contributed by atoms with van der Waals surface area (Å²) < 4.78 is 7.28. The van der Waals surface area contributed by atoms with Crippen LogP contribution in [0.4, 0.5) is 0 Å². The molecule has 6 nitrogen and oxygen atoms in total. The molecule has 1 aromatic heterocycles. The Balaban J connectivity index is 1.82. The van der Waals surface area contributed by atoms with Crippen molar-refractivity contribution in [1.82, 2.24) is 9.88 Å². The normalized spacial score (nSPS) is 16.7. The molecule has 6 heteroatoms. The highest BCUT2D eigenvalue weighted by atomic mass is 16.5. The van der Waals surface area contributed by atoms with Gasteiger partial charge in [0.05, 0.1) is 5.41 Å². The van der Waals surface area contributed by atoms with Crippen LogP contribution in [0.3, 0.4) is 0 Å². The van der Waals surface area contributed by atoms with Crippen LogP contribution in [0.25, 0.3) is 10.9 Å². The summed E-state index contributed by atoms with van der Waals surface area (Å²) in [7, 11) is 0. The van der Waals surface area contributed by atoms with Crippen LogP contribution < -0.4 is 5.32 Å². The number of hydrogen-bond donors (Lipinski definition) is 2. The number of ether oxygens (including phenoxy) is 1. The van der Waals surface area contributed by atoms with Gasteiger partial charge in [0.2, 0.25) is 0 Å². The van der Waals surface area contributed by atoms with E-state index in [-0.39, 0.29) is 12.5 Å². The number of aryl methyl sites for hydroxylation is 1. The van der Waals surface area contributed by atoms with Gasteiger partial charge in [0.1, 0.15) is 5.69 Å². The lowest BCUT2D eigenvalue weighted by atomic mass is 9.80. The van der Waals surface area contributed by atoms with E-state index < -0.39 is 11.4 Å². The first-order valence-electron chi connectivity index (χ1n) is 8.75. The van der Waals surface area contributed by atoms with Crippen molar-refractivity contribution in [3.8, 4) is 0 Å². The van der Waals surface area contributed by atoms with E-state index in [1.165, 1.54) is 0 Å². The molecule has 2 heterocycles. The van der Waals surface area contributed by atoms with Crippen molar-refractivity contribution >= 4 is 22.8 Å². The van der Waals surface area contributed by atoms with Crippen LogP contribution in [0.5, 0.6) is 0 Å². The predicted molar refractivity (Wildman–Crippen MR) is 94.7 cm³/mol. The number of carbonyl (C=O) groups excluding carboxylic acids is 1. The predicted octanol–water partition coefficient (Wildman–Crippen LogP) is 2.66. The number of carbonyl (C=O) groups is 2. The zero-order valence-corrected chi connectivity index (χ0v) is 14.5. The summed E-state index contributed by atoms with van der Waals surface area (Å²) in [6.07, 6.45) is 1.75. The Morgan fingerprint density at radius 2 is 2.00 bits per heavy atom. The maximum absolute atomic E-state index is 12.8. The van der Waals surface area contributed by atoms with Crippen molar-refractivity contribution in [1.29, 1.82) is 0 Å². The highest BCUT2D eigenvalue weighted by Crippen LogP contribution is 2.30. The zero-order chi connectivity index (χ0) is 17.9. The molecule has 1 aromatic carbocycles. The molecule has 1 aliphatic rings. The van der Waals surface area contributed by atoms with Gasteiger partial charge in [-0.1, -0.05) is 25.1 Å². The maximum Gasteiger partial charge on any atom is 0.311 e. The average molecular weight is 344 g/mol. The second kappa shape index (κ2) is 7.27. The first-order chi connectivity index (χ1) is 12.1. The molecule has 25 heavy (non-hydrogen) atoms. The minimum Gasteiger partial charge on any atom is -0.481 e. The summed E-state index contributed by atoms with van der Waals surface area (Å²) in [4.78, 5) is 24.5. The Morgan fingerprint density at radius 3 is 2.68 bits per heavy atom. The summed E-state index contributed by atoms with van der Waals surface area (Å²) in [5.74, 6) is -1.10. The van der Waals surface area contributed by atoms with Crippen LogP contribution in [-0.4, -0.2) is 41.3 Å². The first kappa shape index (κ1) is 17.5. The number of aromatic nitrogens is 1. The van der Waals surface area contributed by atoms with Gasteiger partial charge in [-0.15, -0.1) is 0 Å². The number of fused-ring (bicyclic) bond motifs is 1. The molecule has 2 aromatic rings. The number of aliphatic carboxylic acids is 1. The number of carboxylic acid groups (broad SMARTS) is 1. The van der Waals surface area contributed by atoms with Gasteiger partial charge in [-0.05, 0) is 31.4 Å². The van der Waals surface area contributed by atoms with Crippen molar-refractivity contribution in [3.63, 3.8) is 0 Å². The van der Waals surface area contributed by atoms with Gasteiger partial charge in [0.25, 0.3) is 5.91 Å². The molecule has 0 saturated carbocycles. The van der Waals surface area contributed by atoms with E-state index in [2.05, 4.69) is 12.2 Å². The van der Waals surface area contributed by atoms with Gasteiger partial charge < -0.3 is 19.7 Å². The molecule has 0 spiro atoms. The molecule has 0 aliphatic carbocycles. The van der Waals surface area contributed by atoms with E-state index in [0.29, 0.717) is 31.7 Å². The SMILES string of the molecule is CCCn1c(C(=O)NCC2(C(=O)O)CCOCC2)cc2ccccc21. The molecule has 1 saturated heterocycles. The summed E-state index contributed by atoms with van der Waals surface area (Å²) >= 11 is 0. The number of nitrogens with zero attached hydrogens (tertiary/aromatic N) is 1. The fraction of sp³-hybridized carbons (Fsp3) is 0.474. The smallest absolute Gasteiger partial charge is 0.311 e. The summed E-state index contributed by atoms with van der Waals surface area (Å²) in [5.41, 5.74) is 0.666. The molecule has 1 amide bonds. The molecule has 3 rings (SSSR count). The van der Waals surface area contributed by atoms with Crippen LogP contribution in [0.15, 0.2) is 30.3 Å². The molecule has 2 N–H and O–H groups in total. The fourth-order valence-corrected chi connectivity index (χ4v) is 3.43. The van der Waals surface area contributed by atoms with Crippen molar-refractivity contribution in [2.24, 2.45) is 5.41 Å². The van der Waals surface area contributed by atoms with E-state index in [1.54, 1.807) is 0 Å². The quantitative estimate of drug-likeness (QED) is 0.844. The Bertz CT molecular complexity index is 775. The third-order valence-corrected chi connectivity index (χ3v) is 4.98. The van der Waals surface area contributed by atoms with Gasteiger partial charge in [-0.2, -0.15) is 0 Å². The van der Waals surface area contributed by atoms with E-state index in [1.807, 2.05) is 34.9 Å². The third-order valence-electron chi connectivity index (χ3n) is 4.98. The minimum atomic E-state index is -0.935. The van der Waals surface area contributed by atoms with Crippen LogP contribution in [-0.2, 0) is 16.1 Å². The molecule has 134 valence electrons. The molecular weight excluding hydrogens is 320 g/mol. The second-order valence-corrected chi connectivity index (χ2v) is 6.62. The lowest BCUT2D eigenvalue weighted by Gasteiger charge is -2.33. The Labute approximate surface area is 146 Å². The maximum atomic E-state index is 12.8. The highest BCUT2D eigenvalue weighted by molar-refractivity contribution is 5.99. The number of rotatable bonds is 6. The van der Waals surface area contributed by atoms with E-state index in [0.717, 1.165) is 23.9 Å². The first-order valence-corrected chi connectivity index (χ1v) is 8.75. The number of carboxylic acids is 1. The van der Waals surface area contributed by atoms with Gasteiger partial charge >= 0.3 is 5.97 Å². The fourth-order valence-electron chi connectivity index (χ4n) is 3.43. The van der Waals surface area contributed by atoms with Gasteiger partial charge in [0.15, 0.2) is 0 Å². The van der Waals surface area contributed by atoms with Crippen molar-refractivity contribution < 1.29 is 19.4 Å². The minimum absolute atomic E-state index is 0.123. The zero-order valence-electron chi connectivity index (χ0n) is 14.5. The average Bonchev–Trinajstić information content (AvgIpc) is 3.00. The summed E-state index contributed by atoms with van der Waals surface area (Å²) in [5, 5.41) is 13.5. The highest BCUT2D eigenvalue weighted by Gasteiger charge is 2.40. The monoisotopic (exact) mass is 344 g/mol. The molecule has 1 fully saturated rings. The molecule has 1 aliphatic heterocycles. The van der Waals surface area contributed by atoms with Crippen LogP contribution in [0.1, 0.15) is 36.7 Å². The lowest BCUT2D eigenvalue weighted by Crippen LogP contribution is -2.46. The number of benzene rings is 1. The van der Waals surface area contributed by atoms with Crippen LogP contribution >= 0.6 is 0 Å². The molecule has 0 bridgehead atoms. The molecule has 0 unspecified atom stereocenters. The molecular formula is C19H24N2O4. The summed E-state index contributed by atoms with van der Waals surface area (Å²) in [6.45, 7) is 3.76. The third kappa shape index (κ3) is 3.39. The Kier molecular flexibility index (Phi) is 5.08. The number of nitrogens with one attached hydrogen (secondary N) is 1. The number of hydrogen-bond acceptors (Lipinski definition) is 3. The van der Waals surface area contributed by atoms with Crippen LogP contribution in [0, 0.1) is 5.41 Å². The number of amides is 1. The van der Waals surface area contributed by atoms with Crippen LogP contribution in [0.2, 0.25) is 0 Å². The molecule has 0 atom stereocenters. The van der Waals surface area contributed by atoms with Gasteiger partial charge in [-0.3, -0.25) is 9.59 Å². The van der Waals surface area contributed by atoms with E-state index in [9.17, 15) is 14.7 Å². The number of para-hydroxylation sites is 1. The van der Waals surface area contributed by atoms with Crippen molar-refractivity contribution in [2.75, 3.05) is 19.8 Å². The van der Waals surface area contributed by atoms with Gasteiger partial charge in [0, 0.05) is 37.2 Å². The van der Waals surface area contributed by atoms with Gasteiger partial charge in [-0.25, -0.2) is 0 Å². The van der Waals surface area contributed by atoms with E-state index >= 15 is 0 Å². The van der Waals surface area contributed by atoms with Crippen molar-refractivity contribution in [2.45, 2.75) is 32.7 Å².